The lowest BCUT2D eigenvalue weighted by molar-refractivity contribution is -0.122. The Bertz CT molecular complexity index is 482. The van der Waals surface area contributed by atoms with Crippen molar-refractivity contribution in [2.24, 2.45) is 0 Å². The first kappa shape index (κ1) is 12.9. The van der Waals surface area contributed by atoms with E-state index in [4.69, 9.17) is 4.74 Å². The van der Waals surface area contributed by atoms with Crippen molar-refractivity contribution in [2.45, 2.75) is 31.4 Å². The van der Waals surface area contributed by atoms with Gasteiger partial charge in [0.05, 0.1) is 0 Å². The Kier molecular flexibility index (Phi) is 3.75. The lowest BCUT2D eigenvalue weighted by Crippen LogP contribution is -2.48. The molecule has 2 aliphatic heterocycles. The van der Waals surface area contributed by atoms with Gasteiger partial charge in [-0.2, -0.15) is 0 Å². The summed E-state index contributed by atoms with van der Waals surface area (Å²) in [6, 6.07) is 6.51. The molecular weight excluding hydrogens is 308 g/mol. The van der Waals surface area contributed by atoms with Gasteiger partial charge < -0.3 is 15.4 Å². The molecule has 1 saturated heterocycles. The Labute approximate surface area is 121 Å². The maximum absolute atomic E-state index is 11.1. The maximum Gasteiger partial charge on any atom is 0.220 e. The van der Waals surface area contributed by atoms with E-state index < -0.39 is 0 Å². The molecule has 5 heteroatoms. The van der Waals surface area contributed by atoms with Crippen LogP contribution in [0.2, 0.25) is 0 Å². The van der Waals surface area contributed by atoms with Crippen LogP contribution in [-0.4, -0.2) is 31.1 Å². The molecule has 1 fully saturated rings. The number of hydrogen-bond acceptors (Lipinski definition) is 3. The number of hydrogen-bond donors (Lipinski definition) is 2. The monoisotopic (exact) mass is 324 g/mol. The van der Waals surface area contributed by atoms with Gasteiger partial charge in [-0.1, -0.05) is 15.9 Å². The summed E-state index contributed by atoms with van der Waals surface area (Å²) >= 11 is 3.48. The number of fused-ring (bicyclic) bond motifs is 1. The number of ether oxygens (including phenoxy) is 1. The van der Waals surface area contributed by atoms with E-state index in [0.717, 1.165) is 36.2 Å². The van der Waals surface area contributed by atoms with Gasteiger partial charge in [0.25, 0.3) is 0 Å². The van der Waals surface area contributed by atoms with Crippen LogP contribution in [0.3, 0.4) is 0 Å². The molecule has 2 unspecified atom stereocenters. The van der Waals surface area contributed by atoms with E-state index in [1.807, 2.05) is 12.1 Å². The average Bonchev–Trinajstić information content (AvgIpc) is 2.80. The van der Waals surface area contributed by atoms with Crippen LogP contribution < -0.4 is 15.4 Å². The van der Waals surface area contributed by atoms with Crippen LogP contribution in [0.4, 0.5) is 0 Å². The third-order valence-corrected chi connectivity index (χ3v) is 4.16. The standard InChI is InChI=1S/C14H17BrN2O2/c15-10-1-3-13-9(5-10)6-12(19-13)8-16-11-2-4-14(18)17-7-11/h1,3,5,11-12,16H,2,4,6-8H2,(H,17,18). The smallest absolute Gasteiger partial charge is 0.220 e. The molecule has 0 aromatic heterocycles. The minimum absolute atomic E-state index is 0.160. The normalized spacial score (nSPS) is 25.6. The quantitative estimate of drug-likeness (QED) is 0.888. The highest BCUT2D eigenvalue weighted by atomic mass is 79.9. The van der Waals surface area contributed by atoms with Crippen molar-refractivity contribution in [3.05, 3.63) is 28.2 Å². The molecule has 2 aliphatic rings. The highest BCUT2D eigenvalue weighted by molar-refractivity contribution is 9.10. The van der Waals surface area contributed by atoms with Crippen molar-refractivity contribution < 1.29 is 9.53 Å². The zero-order chi connectivity index (χ0) is 13.2. The lowest BCUT2D eigenvalue weighted by atomic mass is 10.1. The van der Waals surface area contributed by atoms with Gasteiger partial charge in [0.1, 0.15) is 11.9 Å². The predicted octanol–water partition coefficient (Wildman–Crippen LogP) is 1.62. The summed E-state index contributed by atoms with van der Waals surface area (Å²) in [5.74, 6) is 1.15. The van der Waals surface area contributed by atoms with Gasteiger partial charge in [0.15, 0.2) is 0 Å². The minimum Gasteiger partial charge on any atom is -0.488 e. The molecule has 4 nitrogen and oxygen atoms in total. The van der Waals surface area contributed by atoms with Crippen molar-refractivity contribution in [3.63, 3.8) is 0 Å². The Morgan fingerprint density at radius 1 is 1.47 bits per heavy atom. The lowest BCUT2D eigenvalue weighted by Gasteiger charge is -2.24. The number of halogens is 1. The number of piperidine rings is 1. The summed E-state index contributed by atoms with van der Waals surface area (Å²) in [7, 11) is 0. The SMILES string of the molecule is O=C1CCC(NCC2Cc3cc(Br)ccc3O2)CN1. The molecule has 2 N–H and O–H groups in total. The molecule has 1 aromatic rings. The minimum atomic E-state index is 0.160. The van der Waals surface area contributed by atoms with Crippen LogP contribution in [0, 0.1) is 0 Å². The van der Waals surface area contributed by atoms with E-state index in [9.17, 15) is 4.79 Å². The first-order valence-electron chi connectivity index (χ1n) is 6.66. The van der Waals surface area contributed by atoms with Gasteiger partial charge in [-0.3, -0.25) is 4.79 Å². The summed E-state index contributed by atoms with van der Waals surface area (Å²) < 4.78 is 7.00. The zero-order valence-corrected chi connectivity index (χ0v) is 12.2. The summed E-state index contributed by atoms with van der Waals surface area (Å²) in [5.41, 5.74) is 1.26. The van der Waals surface area contributed by atoms with Crippen LogP contribution in [0.15, 0.2) is 22.7 Å². The van der Waals surface area contributed by atoms with Crippen LogP contribution in [0.25, 0.3) is 0 Å². The van der Waals surface area contributed by atoms with E-state index >= 15 is 0 Å². The van der Waals surface area contributed by atoms with E-state index in [2.05, 4.69) is 32.6 Å². The Balaban J connectivity index is 1.49. The van der Waals surface area contributed by atoms with Gasteiger partial charge in [0.2, 0.25) is 5.91 Å². The Morgan fingerprint density at radius 2 is 2.37 bits per heavy atom. The van der Waals surface area contributed by atoms with Crippen LogP contribution in [-0.2, 0) is 11.2 Å². The molecule has 0 aliphatic carbocycles. The number of carbonyl (C=O) groups excluding carboxylic acids is 1. The molecule has 2 atom stereocenters. The van der Waals surface area contributed by atoms with Crippen molar-refractivity contribution >= 4 is 21.8 Å². The molecule has 0 saturated carbocycles. The second kappa shape index (κ2) is 5.51. The van der Waals surface area contributed by atoms with Crippen molar-refractivity contribution in [1.82, 2.24) is 10.6 Å². The van der Waals surface area contributed by atoms with Crippen molar-refractivity contribution in [3.8, 4) is 5.75 Å². The number of nitrogens with one attached hydrogen (secondary N) is 2. The first-order chi connectivity index (χ1) is 9.20. The molecule has 0 radical (unpaired) electrons. The Hall–Kier alpha value is -1.07. The van der Waals surface area contributed by atoms with Crippen LogP contribution in [0.1, 0.15) is 18.4 Å². The molecule has 0 bridgehead atoms. The highest BCUT2D eigenvalue weighted by Crippen LogP contribution is 2.30. The summed E-state index contributed by atoms with van der Waals surface area (Å²) in [4.78, 5) is 11.1. The van der Waals surface area contributed by atoms with Crippen molar-refractivity contribution in [1.29, 1.82) is 0 Å². The largest absolute Gasteiger partial charge is 0.488 e. The van der Waals surface area contributed by atoms with Crippen molar-refractivity contribution in [2.75, 3.05) is 13.1 Å². The molecule has 2 heterocycles. The third-order valence-electron chi connectivity index (χ3n) is 3.66. The molecular formula is C14H17BrN2O2. The van der Waals surface area contributed by atoms with Gasteiger partial charge in [-0.15, -0.1) is 0 Å². The maximum atomic E-state index is 11.1. The number of rotatable bonds is 3. The van der Waals surface area contributed by atoms with Gasteiger partial charge in [-0.25, -0.2) is 0 Å². The molecule has 1 amide bonds. The molecule has 1 aromatic carbocycles. The summed E-state index contributed by atoms with van der Waals surface area (Å²) in [6.45, 7) is 1.55. The average molecular weight is 325 g/mol. The Morgan fingerprint density at radius 3 is 3.16 bits per heavy atom. The zero-order valence-electron chi connectivity index (χ0n) is 10.6. The predicted molar refractivity (Wildman–Crippen MR) is 76.3 cm³/mol. The fourth-order valence-corrected chi connectivity index (χ4v) is 3.02. The van der Waals surface area contributed by atoms with Gasteiger partial charge in [-0.05, 0) is 30.2 Å². The first-order valence-corrected chi connectivity index (χ1v) is 7.45. The van der Waals surface area contributed by atoms with E-state index in [-0.39, 0.29) is 12.0 Å². The van der Waals surface area contributed by atoms with Crippen LogP contribution >= 0.6 is 15.9 Å². The molecule has 0 spiro atoms. The summed E-state index contributed by atoms with van der Waals surface area (Å²) in [5, 5.41) is 6.37. The van der Waals surface area contributed by atoms with Crippen LogP contribution in [0.5, 0.6) is 5.75 Å². The van der Waals surface area contributed by atoms with E-state index in [1.165, 1.54) is 5.56 Å². The second-order valence-corrected chi connectivity index (χ2v) is 6.06. The fourth-order valence-electron chi connectivity index (χ4n) is 2.61. The molecule has 3 rings (SSSR count). The third kappa shape index (κ3) is 3.09. The molecule has 102 valence electrons. The number of carbonyl (C=O) groups is 1. The number of amides is 1. The summed E-state index contributed by atoms with van der Waals surface area (Å²) in [6.07, 6.45) is 2.68. The van der Waals surface area contributed by atoms with E-state index in [1.54, 1.807) is 0 Å². The van der Waals surface area contributed by atoms with Gasteiger partial charge >= 0.3 is 0 Å². The van der Waals surface area contributed by atoms with Gasteiger partial charge in [0, 0.05) is 36.4 Å². The van der Waals surface area contributed by atoms with E-state index in [0.29, 0.717) is 12.5 Å². The topological polar surface area (TPSA) is 50.4 Å². The fraction of sp³-hybridized carbons (Fsp3) is 0.500. The highest BCUT2D eigenvalue weighted by Gasteiger charge is 2.24. The molecule has 19 heavy (non-hydrogen) atoms. The second-order valence-electron chi connectivity index (χ2n) is 5.14. The number of benzene rings is 1.